The molecule has 0 spiro atoms. The number of nitrogens with one attached hydrogen (secondary N) is 3. The van der Waals surface area contributed by atoms with Crippen molar-refractivity contribution in [2.24, 2.45) is 0 Å². The minimum Gasteiger partial charge on any atom is -0.459 e. The number of carbonyl (C=O) groups excluding carboxylic acids is 2. The van der Waals surface area contributed by atoms with Gasteiger partial charge in [-0.3, -0.25) is 19.6 Å². The lowest BCUT2D eigenvalue weighted by atomic mass is 9.83. The number of fused-ring (bicyclic) bond motifs is 4. The standard InChI is InChI=1S/C29H28N6O3/c1-29(2)26-20(19-6-4-5-7-21(19)34-26)15-24(27(36)30-3)35(29)28(37)25-17(10-13-38-25)16-33-18-8-9-22-23(14-18)32-12-11-31-22/h4-14,24,33-34H,15-16H2,1-3H3,(H,30,36)/t24-/m1/s1. The number of rotatable bonds is 5. The monoisotopic (exact) mass is 508 g/mol. The van der Waals surface area contributed by atoms with Crippen LogP contribution in [0, 0.1) is 0 Å². The number of nitrogens with zero attached hydrogens (tertiary/aromatic N) is 3. The van der Waals surface area contributed by atoms with Crippen LogP contribution in [0.25, 0.3) is 21.9 Å². The molecule has 0 radical (unpaired) electrons. The van der Waals surface area contributed by atoms with Gasteiger partial charge in [0.2, 0.25) is 5.91 Å². The first-order valence-corrected chi connectivity index (χ1v) is 12.5. The molecule has 5 aromatic rings. The summed E-state index contributed by atoms with van der Waals surface area (Å²) in [5.74, 6) is -0.343. The number of benzene rings is 2. The molecule has 9 nitrogen and oxygen atoms in total. The van der Waals surface area contributed by atoms with Crippen LogP contribution in [0.3, 0.4) is 0 Å². The van der Waals surface area contributed by atoms with E-state index < -0.39 is 11.6 Å². The molecular weight excluding hydrogens is 480 g/mol. The molecule has 0 bridgehead atoms. The second-order valence-electron chi connectivity index (χ2n) is 9.98. The van der Waals surface area contributed by atoms with Crippen LogP contribution in [0.4, 0.5) is 5.69 Å². The van der Waals surface area contributed by atoms with Crippen LogP contribution in [0.1, 0.15) is 41.2 Å². The Morgan fingerprint density at radius 1 is 1.11 bits per heavy atom. The number of para-hydroxylation sites is 1. The van der Waals surface area contributed by atoms with E-state index in [1.165, 1.54) is 6.26 Å². The zero-order valence-electron chi connectivity index (χ0n) is 21.4. The van der Waals surface area contributed by atoms with Crippen LogP contribution in [0.5, 0.6) is 0 Å². The third-order valence-corrected chi connectivity index (χ3v) is 7.40. The third kappa shape index (κ3) is 3.78. The molecule has 1 atom stereocenters. The first-order valence-electron chi connectivity index (χ1n) is 12.5. The molecule has 9 heteroatoms. The van der Waals surface area contributed by atoms with Gasteiger partial charge in [-0.25, -0.2) is 0 Å². The summed E-state index contributed by atoms with van der Waals surface area (Å²) in [4.78, 5) is 41.1. The maximum Gasteiger partial charge on any atom is 0.291 e. The van der Waals surface area contributed by atoms with E-state index in [-0.39, 0.29) is 17.6 Å². The number of anilines is 1. The fourth-order valence-electron chi connectivity index (χ4n) is 5.54. The summed E-state index contributed by atoms with van der Waals surface area (Å²) in [6.07, 6.45) is 5.23. The Morgan fingerprint density at radius 2 is 1.89 bits per heavy atom. The number of H-pyrrole nitrogens is 1. The van der Waals surface area contributed by atoms with Gasteiger partial charge < -0.3 is 24.9 Å². The second kappa shape index (κ2) is 9.02. The SMILES string of the molecule is CNC(=O)[C@H]1Cc2c([nH]c3ccccc23)C(C)(C)N1C(=O)c1occc1CNc1ccc2nccnc2c1. The molecule has 1 aliphatic heterocycles. The van der Waals surface area contributed by atoms with E-state index in [0.29, 0.717) is 18.5 Å². The van der Waals surface area contributed by atoms with E-state index in [1.54, 1.807) is 30.4 Å². The van der Waals surface area contributed by atoms with Gasteiger partial charge in [0.1, 0.15) is 6.04 Å². The highest BCUT2D eigenvalue weighted by Crippen LogP contribution is 2.42. The summed E-state index contributed by atoms with van der Waals surface area (Å²) in [5, 5.41) is 7.17. The molecule has 0 saturated carbocycles. The molecule has 192 valence electrons. The van der Waals surface area contributed by atoms with Crippen molar-refractivity contribution >= 4 is 39.4 Å². The maximum absolute atomic E-state index is 14.1. The lowest BCUT2D eigenvalue weighted by Gasteiger charge is -2.46. The Bertz CT molecular complexity index is 1680. The van der Waals surface area contributed by atoms with Crippen LogP contribution in [0.2, 0.25) is 0 Å². The van der Waals surface area contributed by atoms with E-state index in [4.69, 9.17) is 4.42 Å². The summed E-state index contributed by atoms with van der Waals surface area (Å²) in [6, 6.07) is 14.8. The van der Waals surface area contributed by atoms with E-state index >= 15 is 0 Å². The predicted molar refractivity (Wildman–Crippen MR) is 145 cm³/mol. The average Bonchev–Trinajstić information content (AvgIpc) is 3.56. The van der Waals surface area contributed by atoms with Gasteiger partial charge in [-0.2, -0.15) is 0 Å². The number of furan rings is 1. The fraction of sp³-hybridized carbons (Fsp3) is 0.241. The normalized spacial score (nSPS) is 16.4. The summed E-state index contributed by atoms with van der Waals surface area (Å²) in [5.41, 5.74) is 5.30. The van der Waals surface area contributed by atoms with Gasteiger partial charge in [0.15, 0.2) is 5.76 Å². The van der Waals surface area contributed by atoms with Crippen molar-refractivity contribution in [3.63, 3.8) is 0 Å². The Labute approximate surface area is 219 Å². The topological polar surface area (TPSA) is 116 Å². The Hall–Kier alpha value is -4.66. The summed E-state index contributed by atoms with van der Waals surface area (Å²) >= 11 is 0. The first kappa shape index (κ1) is 23.7. The highest BCUT2D eigenvalue weighted by atomic mass is 16.3. The number of aromatic nitrogens is 3. The summed E-state index contributed by atoms with van der Waals surface area (Å²) in [6.45, 7) is 4.29. The quantitative estimate of drug-likeness (QED) is 0.325. The molecule has 4 heterocycles. The zero-order chi connectivity index (χ0) is 26.4. The lowest BCUT2D eigenvalue weighted by Crippen LogP contribution is -2.60. The third-order valence-electron chi connectivity index (χ3n) is 7.40. The second-order valence-corrected chi connectivity index (χ2v) is 9.98. The molecule has 0 unspecified atom stereocenters. The molecule has 3 aromatic heterocycles. The lowest BCUT2D eigenvalue weighted by molar-refractivity contribution is -0.127. The van der Waals surface area contributed by atoms with E-state index in [1.807, 2.05) is 56.3 Å². The fourth-order valence-corrected chi connectivity index (χ4v) is 5.54. The van der Waals surface area contributed by atoms with Crippen molar-refractivity contribution in [3.8, 4) is 0 Å². The van der Waals surface area contributed by atoms with Crippen molar-refractivity contribution in [1.29, 1.82) is 0 Å². The van der Waals surface area contributed by atoms with Gasteiger partial charge in [-0.05, 0) is 49.7 Å². The van der Waals surface area contributed by atoms with Gasteiger partial charge in [-0.1, -0.05) is 18.2 Å². The smallest absolute Gasteiger partial charge is 0.291 e. The van der Waals surface area contributed by atoms with Crippen LogP contribution in [-0.4, -0.2) is 44.8 Å². The highest BCUT2D eigenvalue weighted by molar-refractivity contribution is 5.99. The molecule has 38 heavy (non-hydrogen) atoms. The molecule has 6 rings (SSSR count). The Balaban J connectivity index is 1.33. The van der Waals surface area contributed by atoms with Crippen LogP contribution < -0.4 is 10.6 Å². The van der Waals surface area contributed by atoms with Crippen molar-refractivity contribution < 1.29 is 14.0 Å². The van der Waals surface area contributed by atoms with Gasteiger partial charge in [-0.15, -0.1) is 0 Å². The molecule has 0 aliphatic carbocycles. The number of likely N-dealkylation sites (N-methyl/N-ethyl adjacent to an activating group) is 1. The molecule has 0 fully saturated rings. The number of carbonyl (C=O) groups is 2. The summed E-state index contributed by atoms with van der Waals surface area (Å²) in [7, 11) is 1.60. The van der Waals surface area contributed by atoms with Gasteiger partial charge in [0.25, 0.3) is 5.91 Å². The van der Waals surface area contributed by atoms with E-state index in [0.717, 1.165) is 38.9 Å². The highest BCUT2D eigenvalue weighted by Gasteiger charge is 2.48. The minimum atomic E-state index is -0.796. The van der Waals surface area contributed by atoms with Gasteiger partial charge in [0, 0.05) is 60.3 Å². The summed E-state index contributed by atoms with van der Waals surface area (Å²) < 4.78 is 5.74. The maximum atomic E-state index is 14.1. The number of aromatic amines is 1. The molecule has 2 aromatic carbocycles. The van der Waals surface area contributed by atoms with Crippen molar-refractivity contribution in [1.82, 2.24) is 25.2 Å². The van der Waals surface area contributed by atoms with Gasteiger partial charge >= 0.3 is 0 Å². The average molecular weight is 509 g/mol. The van der Waals surface area contributed by atoms with Crippen LogP contribution in [-0.2, 0) is 23.3 Å². The van der Waals surface area contributed by atoms with Crippen molar-refractivity contribution in [2.45, 2.75) is 38.4 Å². The first-order chi connectivity index (χ1) is 18.4. The Kier molecular flexibility index (Phi) is 5.63. The number of hydrogen-bond acceptors (Lipinski definition) is 6. The van der Waals surface area contributed by atoms with Crippen LogP contribution >= 0.6 is 0 Å². The van der Waals surface area contributed by atoms with E-state index in [9.17, 15) is 9.59 Å². The number of amides is 2. The van der Waals surface area contributed by atoms with Crippen LogP contribution in [0.15, 0.2) is 71.6 Å². The van der Waals surface area contributed by atoms with Crippen molar-refractivity contribution in [3.05, 3.63) is 89.8 Å². The molecular formula is C29H28N6O3. The number of hydrogen-bond donors (Lipinski definition) is 3. The van der Waals surface area contributed by atoms with E-state index in [2.05, 4.69) is 25.6 Å². The zero-order valence-corrected chi connectivity index (χ0v) is 21.4. The largest absolute Gasteiger partial charge is 0.459 e. The van der Waals surface area contributed by atoms with Crippen molar-refractivity contribution in [2.75, 3.05) is 12.4 Å². The predicted octanol–water partition coefficient (Wildman–Crippen LogP) is 4.36. The Morgan fingerprint density at radius 3 is 2.71 bits per heavy atom. The molecule has 1 aliphatic rings. The minimum absolute atomic E-state index is 0.208. The molecule has 2 amide bonds. The molecule has 0 saturated heterocycles. The van der Waals surface area contributed by atoms with Gasteiger partial charge in [0.05, 0.1) is 22.8 Å². The molecule has 3 N–H and O–H groups in total.